The third kappa shape index (κ3) is 7.04. The summed E-state index contributed by atoms with van der Waals surface area (Å²) in [6.07, 6.45) is 9.13. The number of carbonyl (C=O) groups excluding carboxylic acids is 2. The molecule has 1 atom stereocenters. The molecular weight excluding hydrogens is 494 g/mol. The Labute approximate surface area is 231 Å². The van der Waals surface area contributed by atoms with E-state index in [2.05, 4.69) is 32.6 Å². The maximum Gasteiger partial charge on any atom is 0.340 e. The summed E-state index contributed by atoms with van der Waals surface area (Å²) in [5, 5.41) is 12.7. The van der Waals surface area contributed by atoms with Gasteiger partial charge in [0.15, 0.2) is 11.6 Å². The molecule has 0 radical (unpaired) electrons. The molecule has 1 aliphatic carbocycles. The minimum atomic E-state index is -0.511. The maximum atomic E-state index is 13.5. The van der Waals surface area contributed by atoms with E-state index in [-0.39, 0.29) is 40.4 Å². The van der Waals surface area contributed by atoms with E-state index < -0.39 is 16.5 Å². The normalized spacial score (nSPS) is 13.8. The number of unbranched alkanes of at least 4 members (excludes halogenated alkanes) is 3. The van der Waals surface area contributed by atoms with Gasteiger partial charge in [-0.15, -0.1) is 0 Å². The zero-order valence-electron chi connectivity index (χ0n) is 23.9. The fraction of sp³-hybridized carbons (Fsp3) is 0.548. The minimum absolute atomic E-state index is 0.0190. The number of benzene rings is 1. The number of carbonyl (C=O) groups is 2. The Morgan fingerprint density at radius 3 is 2.15 bits per heavy atom. The van der Waals surface area contributed by atoms with Gasteiger partial charge in [-0.05, 0) is 31.8 Å². The van der Waals surface area contributed by atoms with Crippen LogP contribution in [0.1, 0.15) is 95.8 Å². The largest absolute Gasteiger partial charge is 0.434 e. The van der Waals surface area contributed by atoms with E-state index in [9.17, 15) is 19.7 Å². The smallest absolute Gasteiger partial charge is 0.340 e. The number of nitro groups is 1. The highest BCUT2D eigenvalue weighted by Crippen LogP contribution is 2.31. The number of ketones is 2. The molecule has 0 bridgehead atoms. The molecule has 3 rings (SSSR count). The van der Waals surface area contributed by atoms with Crippen molar-refractivity contribution in [3.05, 3.63) is 56.6 Å². The topological polar surface area (TPSA) is 96.9 Å². The van der Waals surface area contributed by atoms with E-state index in [0.29, 0.717) is 12.1 Å². The van der Waals surface area contributed by atoms with Gasteiger partial charge >= 0.3 is 5.69 Å². The van der Waals surface area contributed by atoms with Crippen molar-refractivity contribution in [2.24, 2.45) is 0 Å². The molecule has 8 heteroatoms. The second kappa shape index (κ2) is 14.8. The molecule has 1 aliphatic rings. The number of hydrogen-bond acceptors (Lipinski definition) is 7. The molecule has 1 heterocycles. The molecule has 0 aliphatic heterocycles. The van der Waals surface area contributed by atoms with Crippen molar-refractivity contribution in [3.8, 4) is 0 Å². The maximum absolute atomic E-state index is 13.5. The lowest BCUT2D eigenvalue weighted by Crippen LogP contribution is -2.50. The van der Waals surface area contributed by atoms with Gasteiger partial charge in [0.1, 0.15) is 10.6 Å². The summed E-state index contributed by atoms with van der Waals surface area (Å²) in [6.45, 7) is 10.9. The number of Topliss-reactive ketones (excluding diaryl/α,β-unsaturated/α-hetero) is 2. The number of nitrogens with zero attached hydrogens (tertiary/aromatic N) is 3. The second-order valence-electron chi connectivity index (χ2n) is 10.2. The van der Waals surface area contributed by atoms with E-state index in [1.54, 1.807) is 36.4 Å². The molecule has 1 aromatic heterocycles. The monoisotopic (exact) mass is 537 g/mol. The van der Waals surface area contributed by atoms with Crippen molar-refractivity contribution >= 4 is 34.8 Å². The third-order valence-electron chi connectivity index (χ3n) is 7.28. The summed E-state index contributed by atoms with van der Waals surface area (Å²) in [6, 6.07) is 8.46. The van der Waals surface area contributed by atoms with Crippen molar-refractivity contribution in [2.45, 2.75) is 91.6 Å². The SMILES string of the molecule is CCCCN(CCCC)C(CCC)N(CCCC)c1oc2c(c1[N+](=O)[O-])=C(C(=O)c1ccccc1)C(=O)CC=2. The Bertz CT molecular complexity index is 1240. The molecule has 0 amide bonds. The van der Waals surface area contributed by atoms with Gasteiger partial charge in [0.25, 0.3) is 5.88 Å². The van der Waals surface area contributed by atoms with Crippen LogP contribution in [0.4, 0.5) is 11.6 Å². The van der Waals surface area contributed by atoms with Crippen LogP contribution in [0.2, 0.25) is 0 Å². The van der Waals surface area contributed by atoms with Crippen molar-refractivity contribution in [1.29, 1.82) is 0 Å². The summed E-state index contributed by atoms with van der Waals surface area (Å²) in [7, 11) is 0. The lowest BCUT2D eigenvalue weighted by molar-refractivity contribution is -0.385. The minimum Gasteiger partial charge on any atom is -0.434 e. The highest BCUT2D eigenvalue weighted by molar-refractivity contribution is 6.46. The van der Waals surface area contributed by atoms with Gasteiger partial charge in [0.05, 0.1) is 16.7 Å². The lowest BCUT2D eigenvalue weighted by atomic mass is 9.93. The van der Waals surface area contributed by atoms with Crippen molar-refractivity contribution in [1.82, 2.24) is 4.90 Å². The van der Waals surface area contributed by atoms with E-state index in [4.69, 9.17) is 4.42 Å². The number of anilines is 1. The van der Waals surface area contributed by atoms with Gasteiger partial charge in [-0.3, -0.25) is 24.6 Å². The summed E-state index contributed by atoms with van der Waals surface area (Å²) >= 11 is 0. The van der Waals surface area contributed by atoms with Crippen LogP contribution in [0.3, 0.4) is 0 Å². The molecule has 0 spiro atoms. The Morgan fingerprint density at radius 2 is 1.59 bits per heavy atom. The number of fused-ring (bicyclic) bond motifs is 1. The van der Waals surface area contributed by atoms with Crippen LogP contribution in [-0.2, 0) is 4.79 Å². The summed E-state index contributed by atoms with van der Waals surface area (Å²) in [4.78, 5) is 43.3. The first-order valence-electron chi connectivity index (χ1n) is 14.5. The molecule has 0 N–H and O–H groups in total. The van der Waals surface area contributed by atoms with E-state index >= 15 is 0 Å². The Balaban J connectivity index is 2.28. The van der Waals surface area contributed by atoms with Crippen LogP contribution >= 0.6 is 0 Å². The zero-order chi connectivity index (χ0) is 28.4. The molecule has 0 saturated carbocycles. The van der Waals surface area contributed by atoms with Crippen molar-refractivity contribution in [3.63, 3.8) is 0 Å². The highest BCUT2D eigenvalue weighted by Gasteiger charge is 2.37. The molecule has 0 fully saturated rings. The molecule has 1 aromatic carbocycles. The quantitative estimate of drug-likeness (QED) is 0.112. The highest BCUT2D eigenvalue weighted by atomic mass is 16.6. The average Bonchev–Trinajstić information content (AvgIpc) is 3.32. The fourth-order valence-corrected chi connectivity index (χ4v) is 5.22. The van der Waals surface area contributed by atoms with Crippen molar-refractivity contribution in [2.75, 3.05) is 24.5 Å². The fourth-order valence-electron chi connectivity index (χ4n) is 5.22. The van der Waals surface area contributed by atoms with Crippen LogP contribution in [0.5, 0.6) is 0 Å². The molecule has 39 heavy (non-hydrogen) atoms. The zero-order valence-corrected chi connectivity index (χ0v) is 23.9. The predicted molar refractivity (Wildman–Crippen MR) is 155 cm³/mol. The Morgan fingerprint density at radius 1 is 0.974 bits per heavy atom. The number of rotatable bonds is 17. The van der Waals surface area contributed by atoms with Gasteiger partial charge in [-0.2, -0.15) is 0 Å². The van der Waals surface area contributed by atoms with Gasteiger partial charge in [0.2, 0.25) is 0 Å². The van der Waals surface area contributed by atoms with Crippen LogP contribution in [-0.4, -0.2) is 47.2 Å². The molecule has 8 nitrogen and oxygen atoms in total. The summed E-state index contributed by atoms with van der Waals surface area (Å²) in [5.74, 6) is -0.785. The first kappa shape index (κ1) is 30.3. The van der Waals surface area contributed by atoms with Crippen molar-refractivity contribution < 1.29 is 18.9 Å². The second-order valence-corrected chi connectivity index (χ2v) is 10.2. The standard InChI is InChI=1S/C31H43N3O5/c1-5-9-20-32(21-10-6-2)26(15-8-4)33(22-11-7-3)31-29(34(37)38)28-25(39-31)19-18-24(35)27(28)30(36)23-16-13-12-14-17-23/h12-14,16-17,19,26H,5-11,15,18,20-22H2,1-4H3. The van der Waals surface area contributed by atoms with Crippen LogP contribution in [0, 0.1) is 10.1 Å². The van der Waals surface area contributed by atoms with Gasteiger partial charge in [-0.25, -0.2) is 0 Å². The number of furan rings is 1. The van der Waals surface area contributed by atoms with E-state index in [1.807, 2.05) is 4.90 Å². The molecule has 0 saturated heterocycles. The number of hydrogen-bond donors (Lipinski definition) is 0. The van der Waals surface area contributed by atoms with E-state index in [1.165, 1.54) is 0 Å². The van der Waals surface area contributed by atoms with Crippen LogP contribution in [0.15, 0.2) is 34.7 Å². The first-order valence-corrected chi connectivity index (χ1v) is 14.5. The summed E-state index contributed by atoms with van der Waals surface area (Å²) < 4.78 is 6.29. The van der Waals surface area contributed by atoms with Crippen LogP contribution < -0.4 is 15.5 Å². The predicted octanol–water partition coefficient (Wildman–Crippen LogP) is 5.61. The van der Waals surface area contributed by atoms with Crippen LogP contribution in [0.25, 0.3) is 11.6 Å². The molecule has 212 valence electrons. The third-order valence-corrected chi connectivity index (χ3v) is 7.28. The Kier molecular flexibility index (Phi) is 11.5. The molecule has 1 unspecified atom stereocenters. The first-order chi connectivity index (χ1) is 18.9. The van der Waals surface area contributed by atoms with E-state index in [0.717, 1.165) is 64.5 Å². The molecular formula is C31H43N3O5. The lowest BCUT2D eigenvalue weighted by Gasteiger charge is -2.39. The van der Waals surface area contributed by atoms with Gasteiger partial charge < -0.3 is 9.32 Å². The summed E-state index contributed by atoms with van der Waals surface area (Å²) in [5.41, 5.74) is 0.122. The van der Waals surface area contributed by atoms with Gasteiger partial charge in [-0.1, -0.05) is 83.7 Å². The average molecular weight is 538 g/mol. The molecule has 2 aromatic rings. The Hall–Kier alpha value is -3.26. The van der Waals surface area contributed by atoms with Gasteiger partial charge in [0, 0.05) is 31.6 Å².